The molecule has 78 valence electrons. The van der Waals surface area contributed by atoms with Gasteiger partial charge in [0.2, 0.25) is 11.1 Å². The summed E-state index contributed by atoms with van der Waals surface area (Å²) in [5, 5.41) is 0.690. The minimum absolute atomic E-state index is 0.684. The van der Waals surface area contributed by atoms with E-state index in [0.29, 0.717) is 9.96 Å². The Morgan fingerprint density at radius 3 is 2.47 bits per heavy atom. The van der Waals surface area contributed by atoms with E-state index in [1.165, 1.54) is 11.3 Å². The average Bonchev–Trinajstić information content (AvgIpc) is 2.65. The van der Waals surface area contributed by atoms with Gasteiger partial charge in [-0.2, -0.15) is 0 Å². The zero-order chi connectivity index (χ0) is 10.7. The van der Waals surface area contributed by atoms with Crippen LogP contribution in [-0.4, -0.2) is 4.21 Å². The first kappa shape index (κ1) is 10.4. The fraction of sp³-hybridized carbons (Fsp3) is 0.0909. The highest BCUT2D eigenvalue weighted by atomic mass is 32.2. The Bertz CT molecular complexity index is 462. The molecule has 0 aliphatic carbocycles. The fourth-order valence-electron chi connectivity index (χ4n) is 1.11. The number of benzene rings is 1. The van der Waals surface area contributed by atoms with Gasteiger partial charge in [0.05, 0.1) is 4.90 Å². The van der Waals surface area contributed by atoms with E-state index in [1.54, 1.807) is 12.1 Å². The van der Waals surface area contributed by atoms with Crippen LogP contribution in [0.4, 0.5) is 0 Å². The van der Waals surface area contributed by atoms with Crippen LogP contribution in [0.1, 0.15) is 4.88 Å². The van der Waals surface area contributed by atoms with E-state index in [1.807, 2.05) is 37.3 Å². The smallest absolute Gasteiger partial charge is 0.241 e. The molecular formula is C11H10O2S2. The minimum Gasteiger partial charge on any atom is -0.386 e. The Balaban J connectivity index is 2.11. The molecule has 2 nitrogen and oxygen atoms in total. The van der Waals surface area contributed by atoms with Crippen molar-refractivity contribution in [1.29, 1.82) is 0 Å². The lowest BCUT2D eigenvalue weighted by Crippen LogP contribution is -1.98. The van der Waals surface area contributed by atoms with Gasteiger partial charge in [-0.1, -0.05) is 18.2 Å². The van der Waals surface area contributed by atoms with Gasteiger partial charge in [0.15, 0.2) is 5.06 Å². The van der Waals surface area contributed by atoms with Crippen LogP contribution in [0.5, 0.6) is 5.06 Å². The topological polar surface area (TPSA) is 26.3 Å². The summed E-state index contributed by atoms with van der Waals surface area (Å²) in [5.74, 6) is 0. The molecule has 1 aromatic heterocycles. The lowest BCUT2D eigenvalue weighted by molar-refractivity contribution is 0.572. The van der Waals surface area contributed by atoms with E-state index >= 15 is 0 Å². The molecule has 0 saturated heterocycles. The third-order valence-electron chi connectivity index (χ3n) is 1.81. The molecule has 4 heteroatoms. The number of hydrogen-bond donors (Lipinski definition) is 0. The van der Waals surface area contributed by atoms with E-state index in [9.17, 15) is 4.21 Å². The number of aryl methyl sites for hydroxylation is 1. The lowest BCUT2D eigenvalue weighted by Gasteiger charge is -2.00. The second-order valence-electron chi connectivity index (χ2n) is 3.00. The average molecular weight is 238 g/mol. The molecular weight excluding hydrogens is 228 g/mol. The quantitative estimate of drug-likeness (QED) is 0.821. The summed E-state index contributed by atoms with van der Waals surface area (Å²) in [6.07, 6.45) is 0. The van der Waals surface area contributed by atoms with Crippen molar-refractivity contribution >= 4 is 22.4 Å². The molecule has 0 bridgehead atoms. The molecule has 0 aliphatic rings. The molecule has 0 spiro atoms. The maximum Gasteiger partial charge on any atom is 0.241 e. The summed E-state index contributed by atoms with van der Waals surface area (Å²) in [6, 6.07) is 12.9. The SMILES string of the molecule is Cc1ccc(OS(=O)c2ccccc2)s1. The van der Waals surface area contributed by atoms with Gasteiger partial charge in [-0.15, -0.1) is 11.3 Å². The van der Waals surface area contributed by atoms with Crippen molar-refractivity contribution in [2.45, 2.75) is 11.8 Å². The first-order chi connectivity index (χ1) is 7.25. The molecule has 1 aromatic carbocycles. The fourth-order valence-corrected chi connectivity index (χ4v) is 2.70. The van der Waals surface area contributed by atoms with Crippen molar-refractivity contribution < 1.29 is 8.39 Å². The second-order valence-corrected chi connectivity index (χ2v) is 5.35. The van der Waals surface area contributed by atoms with E-state index in [2.05, 4.69) is 0 Å². The van der Waals surface area contributed by atoms with Crippen molar-refractivity contribution in [3.8, 4) is 5.06 Å². The van der Waals surface area contributed by atoms with Crippen LogP contribution < -0.4 is 4.18 Å². The summed E-state index contributed by atoms with van der Waals surface area (Å²) >= 11 is 0.0848. The third kappa shape index (κ3) is 2.67. The van der Waals surface area contributed by atoms with Crippen LogP contribution in [0.2, 0.25) is 0 Å². The molecule has 0 saturated carbocycles. The molecule has 0 amide bonds. The molecule has 1 heterocycles. The Labute approximate surface area is 95.2 Å². The predicted molar refractivity (Wildman–Crippen MR) is 62.5 cm³/mol. The first-order valence-electron chi connectivity index (χ1n) is 4.47. The monoisotopic (exact) mass is 238 g/mol. The van der Waals surface area contributed by atoms with Gasteiger partial charge < -0.3 is 4.18 Å². The maximum absolute atomic E-state index is 11.7. The minimum atomic E-state index is -1.41. The summed E-state index contributed by atoms with van der Waals surface area (Å²) in [4.78, 5) is 1.83. The Kier molecular flexibility index (Phi) is 3.18. The van der Waals surface area contributed by atoms with Gasteiger partial charge in [0.25, 0.3) is 0 Å². The molecule has 0 aliphatic heterocycles. The van der Waals surface area contributed by atoms with Crippen LogP contribution in [0.3, 0.4) is 0 Å². The van der Waals surface area contributed by atoms with E-state index < -0.39 is 11.1 Å². The number of rotatable bonds is 3. The van der Waals surface area contributed by atoms with Gasteiger partial charge in [-0.3, -0.25) is 0 Å². The number of thiophene rings is 1. The lowest BCUT2D eigenvalue weighted by atomic mass is 10.4. The maximum atomic E-state index is 11.7. The van der Waals surface area contributed by atoms with E-state index in [-0.39, 0.29) is 0 Å². The molecule has 2 aromatic rings. The first-order valence-corrected chi connectivity index (χ1v) is 6.36. The Morgan fingerprint density at radius 1 is 1.13 bits per heavy atom. The van der Waals surface area contributed by atoms with Gasteiger partial charge in [0, 0.05) is 4.88 Å². The van der Waals surface area contributed by atoms with Crippen molar-refractivity contribution in [1.82, 2.24) is 0 Å². The highest BCUT2D eigenvalue weighted by Gasteiger charge is 2.06. The predicted octanol–water partition coefficient (Wildman–Crippen LogP) is 3.16. The van der Waals surface area contributed by atoms with Crippen molar-refractivity contribution in [2.24, 2.45) is 0 Å². The van der Waals surface area contributed by atoms with Crippen LogP contribution >= 0.6 is 11.3 Å². The van der Waals surface area contributed by atoms with Crippen molar-refractivity contribution in [3.05, 3.63) is 47.3 Å². The van der Waals surface area contributed by atoms with Crippen molar-refractivity contribution in [3.63, 3.8) is 0 Å². The second kappa shape index (κ2) is 4.59. The molecule has 0 radical (unpaired) electrons. The van der Waals surface area contributed by atoms with E-state index in [4.69, 9.17) is 4.18 Å². The Morgan fingerprint density at radius 2 is 1.87 bits per heavy atom. The summed E-state index contributed by atoms with van der Waals surface area (Å²) in [7, 11) is 0. The zero-order valence-electron chi connectivity index (χ0n) is 8.17. The molecule has 2 rings (SSSR count). The molecule has 0 N–H and O–H groups in total. The highest BCUT2D eigenvalue weighted by molar-refractivity contribution is 7.80. The van der Waals surface area contributed by atoms with Gasteiger partial charge in [-0.25, -0.2) is 4.21 Å². The molecule has 0 fully saturated rings. The van der Waals surface area contributed by atoms with Gasteiger partial charge in [-0.05, 0) is 31.2 Å². The van der Waals surface area contributed by atoms with E-state index in [0.717, 1.165) is 4.88 Å². The number of hydrogen-bond acceptors (Lipinski definition) is 3. The summed E-state index contributed by atoms with van der Waals surface area (Å²) in [5.41, 5.74) is 0. The summed E-state index contributed by atoms with van der Waals surface area (Å²) < 4.78 is 17.0. The standard InChI is InChI=1S/C11H10O2S2/c1-9-7-8-11(14-9)13-15(12)10-5-3-2-4-6-10/h2-8H,1H3. The zero-order valence-corrected chi connectivity index (χ0v) is 9.81. The summed E-state index contributed by atoms with van der Waals surface area (Å²) in [6.45, 7) is 1.99. The van der Waals surface area contributed by atoms with Crippen LogP contribution in [0.15, 0.2) is 47.4 Å². The Hall–Kier alpha value is -1.13. The molecule has 15 heavy (non-hydrogen) atoms. The van der Waals surface area contributed by atoms with Gasteiger partial charge >= 0.3 is 0 Å². The van der Waals surface area contributed by atoms with Crippen molar-refractivity contribution in [2.75, 3.05) is 0 Å². The molecule has 1 atom stereocenters. The molecule has 1 unspecified atom stereocenters. The third-order valence-corrected chi connectivity index (χ3v) is 3.78. The highest BCUT2D eigenvalue weighted by Crippen LogP contribution is 2.25. The normalized spacial score (nSPS) is 12.3. The van der Waals surface area contributed by atoms with Crippen LogP contribution in [0, 0.1) is 6.92 Å². The largest absolute Gasteiger partial charge is 0.386 e. The van der Waals surface area contributed by atoms with Crippen LogP contribution in [-0.2, 0) is 11.1 Å². The van der Waals surface area contributed by atoms with Gasteiger partial charge in [0.1, 0.15) is 0 Å². The van der Waals surface area contributed by atoms with Crippen LogP contribution in [0.25, 0.3) is 0 Å².